The first-order chi connectivity index (χ1) is 7.15. The van der Waals surface area contributed by atoms with Crippen LogP contribution in [0.3, 0.4) is 0 Å². The Hall–Kier alpha value is -0.710. The van der Waals surface area contributed by atoms with Gasteiger partial charge in [0, 0.05) is 18.1 Å². The Bertz CT molecular complexity index is 307. The molecule has 0 aromatic carbocycles. The third kappa shape index (κ3) is 3.74. The number of nitrogens with zero attached hydrogens (tertiary/aromatic N) is 2. The molecule has 0 aliphatic carbocycles. The van der Waals surface area contributed by atoms with Crippen LogP contribution in [0.25, 0.3) is 0 Å². The van der Waals surface area contributed by atoms with Crippen LogP contribution >= 0.6 is 15.9 Å². The molecule has 0 bridgehead atoms. The lowest BCUT2D eigenvalue weighted by Gasteiger charge is -2.23. The summed E-state index contributed by atoms with van der Waals surface area (Å²) in [4.78, 5) is 5.71. The number of hydrogen-bond acceptors (Lipinski definition) is 2. The van der Waals surface area contributed by atoms with Crippen LogP contribution in [0.5, 0.6) is 0 Å². The van der Waals surface area contributed by atoms with Crippen LogP contribution < -0.4 is 4.90 Å². The lowest BCUT2D eigenvalue weighted by Crippen LogP contribution is -2.31. The summed E-state index contributed by atoms with van der Waals surface area (Å²) >= 11 is 3.25. The molecule has 0 unspecified atom stereocenters. The molecule has 0 saturated heterocycles. The SMILES string of the molecule is Cc1cccnc1N(CCBr)CC(F)F. The van der Waals surface area contributed by atoms with Gasteiger partial charge in [0.05, 0.1) is 6.54 Å². The van der Waals surface area contributed by atoms with Crippen LogP contribution in [0, 0.1) is 6.92 Å². The summed E-state index contributed by atoms with van der Waals surface area (Å²) < 4.78 is 24.7. The molecular weight excluding hydrogens is 266 g/mol. The number of alkyl halides is 3. The summed E-state index contributed by atoms with van der Waals surface area (Å²) in [6, 6.07) is 3.67. The number of aromatic nitrogens is 1. The summed E-state index contributed by atoms with van der Waals surface area (Å²) in [6.45, 7) is 2.13. The van der Waals surface area contributed by atoms with Crippen molar-refractivity contribution in [2.75, 3.05) is 23.3 Å². The van der Waals surface area contributed by atoms with Crippen LogP contribution in [-0.4, -0.2) is 29.8 Å². The summed E-state index contributed by atoms with van der Waals surface area (Å²) in [6.07, 6.45) is -0.722. The summed E-state index contributed by atoms with van der Waals surface area (Å²) in [5.74, 6) is 0.636. The van der Waals surface area contributed by atoms with Gasteiger partial charge < -0.3 is 4.90 Å². The minimum atomic E-state index is -2.34. The third-order valence-corrected chi connectivity index (χ3v) is 2.35. The Morgan fingerprint density at radius 3 is 2.80 bits per heavy atom. The molecule has 0 N–H and O–H groups in total. The van der Waals surface area contributed by atoms with Gasteiger partial charge in [-0.1, -0.05) is 22.0 Å². The van der Waals surface area contributed by atoms with Gasteiger partial charge in [0.25, 0.3) is 6.43 Å². The molecule has 15 heavy (non-hydrogen) atoms. The monoisotopic (exact) mass is 278 g/mol. The van der Waals surface area contributed by atoms with E-state index in [1.54, 1.807) is 17.2 Å². The minimum absolute atomic E-state index is 0.274. The summed E-state index contributed by atoms with van der Waals surface area (Å²) in [7, 11) is 0. The molecule has 84 valence electrons. The lowest BCUT2D eigenvalue weighted by atomic mass is 10.2. The van der Waals surface area contributed by atoms with E-state index >= 15 is 0 Å². The lowest BCUT2D eigenvalue weighted by molar-refractivity contribution is 0.155. The molecule has 1 rings (SSSR count). The van der Waals surface area contributed by atoms with Gasteiger partial charge in [-0.2, -0.15) is 0 Å². The number of aryl methyl sites for hydroxylation is 1. The van der Waals surface area contributed by atoms with E-state index in [1.807, 2.05) is 13.0 Å². The molecular formula is C10H13BrF2N2. The van der Waals surface area contributed by atoms with Gasteiger partial charge in [0.2, 0.25) is 0 Å². The summed E-state index contributed by atoms with van der Waals surface area (Å²) in [5, 5.41) is 0.649. The molecule has 0 saturated carbocycles. The van der Waals surface area contributed by atoms with E-state index in [9.17, 15) is 8.78 Å². The van der Waals surface area contributed by atoms with Gasteiger partial charge in [-0.3, -0.25) is 0 Å². The number of anilines is 1. The van der Waals surface area contributed by atoms with Crippen molar-refractivity contribution in [3.63, 3.8) is 0 Å². The van der Waals surface area contributed by atoms with E-state index in [0.29, 0.717) is 17.7 Å². The Balaban J connectivity index is 2.83. The minimum Gasteiger partial charge on any atom is -0.350 e. The highest BCUT2D eigenvalue weighted by molar-refractivity contribution is 9.09. The Kier molecular flexibility index (Phi) is 4.94. The second kappa shape index (κ2) is 6.00. The molecule has 0 spiro atoms. The van der Waals surface area contributed by atoms with Crippen LogP contribution in [-0.2, 0) is 0 Å². The van der Waals surface area contributed by atoms with E-state index in [4.69, 9.17) is 0 Å². The average molecular weight is 279 g/mol. The average Bonchev–Trinajstić information content (AvgIpc) is 2.17. The number of halogens is 3. The quantitative estimate of drug-likeness (QED) is 0.770. The van der Waals surface area contributed by atoms with Crippen molar-refractivity contribution in [2.24, 2.45) is 0 Å². The number of pyridine rings is 1. The zero-order chi connectivity index (χ0) is 11.3. The predicted molar refractivity (Wildman–Crippen MR) is 61.0 cm³/mol. The molecule has 2 nitrogen and oxygen atoms in total. The van der Waals surface area contributed by atoms with Crippen molar-refractivity contribution >= 4 is 21.7 Å². The van der Waals surface area contributed by atoms with Gasteiger partial charge in [0.1, 0.15) is 5.82 Å². The first kappa shape index (κ1) is 12.4. The van der Waals surface area contributed by atoms with Crippen molar-refractivity contribution in [3.05, 3.63) is 23.9 Å². The van der Waals surface area contributed by atoms with Gasteiger partial charge in [-0.15, -0.1) is 0 Å². The molecule has 5 heteroatoms. The standard InChI is InChI=1S/C10H13BrF2N2/c1-8-3-2-5-14-10(8)15(6-4-11)7-9(12)13/h2-3,5,9H,4,6-7H2,1H3. The maximum atomic E-state index is 12.3. The normalized spacial score (nSPS) is 10.7. The zero-order valence-corrected chi connectivity index (χ0v) is 10.0. The third-order valence-electron chi connectivity index (χ3n) is 1.99. The molecule has 0 amide bonds. The fraction of sp³-hybridized carbons (Fsp3) is 0.500. The van der Waals surface area contributed by atoms with E-state index in [0.717, 1.165) is 5.56 Å². The van der Waals surface area contributed by atoms with E-state index in [2.05, 4.69) is 20.9 Å². The number of hydrogen-bond donors (Lipinski definition) is 0. The van der Waals surface area contributed by atoms with E-state index in [1.165, 1.54) is 0 Å². The van der Waals surface area contributed by atoms with Crippen molar-refractivity contribution in [1.29, 1.82) is 0 Å². The molecule has 0 radical (unpaired) electrons. The smallest absolute Gasteiger partial charge is 0.255 e. The molecule has 1 aromatic heterocycles. The highest BCUT2D eigenvalue weighted by atomic mass is 79.9. The molecule has 0 aliphatic heterocycles. The summed E-state index contributed by atoms with van der Waals surface area (Å²) in [5.41, 5.74) is 0.916. The zero-order valence-electron chi connectivity index (χ0n) is 8.46. The van der Waals surface area contributed by atoms with Crippen molar-refractivity contribution < 1.29 is 8.78 Å². The fourth-order valence-electron chi connectivity index (χ4n) is 1.36. The van der Waals surface area contributed by atoms with Crippen LogP contribution in [0.15, 0.2) is 18.3 Å². The Morgan fingerprint density at radius 2 is 2.27 bits per heavy atom. The predicted octanol–water partition coefficient (Wildman–Crippen LogP) is 2.86. The second-order valence-electron chi connectivity index (χ2n) is 3.17. The van der Waals surface area contributed by atoms with Gasteiger partial charge >= 0.3 is 0 Å². The molecule has 1 heterocycles. The Morgan fingerprint density at radius 1 is 1.53 bits per heavy atom. The topological polar surface area (TPSA) is 16.1 Å². The number of rotatable bonds is 5. The first-order valence-corrected chi connectivity index (χ1v) is 5.78. The van der Waals surface area contributed by atoms with E-state index < -0.39 is 6.43 Å². The first-order valence-electron chi connectivity index (χ1n) is 4.66. The largest absolute Gasteiger partial charge is 0.350 e. The maximum Gasteiger partial charge on any atom is 0.255 e. The molecule has 0 aliphatic rings. The van der Waals surface area contributed by atoms with Gasteiger partial charge in [0.15, 0.2) is 0 Å². The fourth-order valence-corrected chi connectivity index (χ4v) is 1.79. The van der Waals surface area contributed by atoms with Crippen LogP contribution in [0.4, 0.5) is 14.6 Å². The molecule has 0 atom stereocenters. The molecule has 0 fully saturated rings. The highest BCUT2D eigenvalue weighted by Gasteiger charge is 2.14. The van der Waals surface area contributed by atoms with Crippen molar-refractivity contribution in [1.82, 2.24) is 4.98 Å². The van der Waals surface area contributed by atoms with Gasteiger partial charge in [-0.05, 0) is 18.6 Å². The van der Waals surface area contributed by atoms with Crippen molar-refractivity contribution in [3.8, 4) is 0 Å². The van der Waals surface area contributed by atoms with Crippen molar-refractivity contribution in [2.45, 2.75) is 13.3 Å². The molecule has 1 aromatic rings. The highest BCUT2D eigenvalue weighted by Crippen LogP contribution is 2.17. The maximum absolute atomic E-state index is 12.3. The Labute approximate surface area is 96.4 Å². The van der Waals surface area contributed by atoms with Gasteiger partial charge in [-0.25, -0.2) is 13.8 Å². The van der Waals surface area contributed by atoms with Crippen LogP contribution in [0.1, 0.15) is 5.56 Å². The van der Waals surface area contributed by atoms with Crippen LogP contribution in [0.2, 0.25) is 0 Å². The second-order valence-corrected chi connectivity index (χ2v) is 3.96. The van der Waals surface area contributed by atoms with E-state index in [-0.39, 0.29) is 6.54 Å².